The maximum Gasteiger partial charge on any atom is 0.177 e. The number of carbonyl (C=O) groups is 1. The Morgan fingerprint density at radius 3 is 2.75 bits per heavy atom. The van der Waals surface area contributed by atoms with Gasteiger partial charge in [-0.25, -0.2) is 4.39 Å². The highest BCUT2D eigenvalue weighted by atomic mass is 127. The standard InChI is InChI=1S/C8H5ClFIO/c9-4-8(12)5-1-2-7(11)6(10)3-5/h1-3H,4H2. The lowest BCUT2D eigenvalue weighted by Crippen LogP contribution is -2.00. The molecule has 0 heterocycles. The van der Waals surface area contributed by atoms with Crippen molar-refractivity contribution in [1.29, 1.82) is 0 Å². The summed E-state index contributed by atoms with van der Waals surface area (Å²) in [5.41, 5.74) is 0.322. The molecule has 0 amide bonds. The zero-order chi connectivity index (χ0) is 9.14. The number of benzene rings is 1. The third-order valence-electron chi connectivity index (χ3n) is 1.36. The van der Waals surface area contributed by atoms with Crippen LogP contribution in [-0.2, 0) is 0 Å². The number of ketones is 1. The van der Waals surface area contributed by atoms with E-state index in [1.807, 2.05) is 22.6 Å². The summed E-state index contributed by atoms with van der Waals surface area (Å²) in [6, 6.07) is 4.32. The molecule has 0 bridgehead atoms. The molecule has 0 aliphatic rings. The highest BCUT2D eigenvalue weighted by Gasteiger charge is 2.06. The Morgan fingerprint density at radius 2 is 2.25 bits per heavy atom. The van der Waals surface area contributed by atoms with E-state index >= 15 is 0 Å². The normalized spacial score (nSPS) is 9.92. The molecule has 64 valence electrons. The summed E-state index contributed by atoms with van der Waals surface area (Å²) in [6.07, 6.45) is 0. The molecule has 0 radical (unpaired) electrons. The average Bonchev–Trinajstić information content (AvgIpc) is 2.08. The van der Waals surface area contributed by atoms with Crippen molar-refractivity contribution in [3.8, 4) is 0 Å². The van der Waals surface area contributed by atoms with Crippen molar-refractivity contribution in [2.45, 2.75) is 0 Å². The van der Waals surface area contributed by atoms with Gasteiger partial charge in [-0.1, -0.05) is 6.07 Å². The van der Waals surface area contributed by atoms with Crippen LogP contribution in [0.15, 0.2) is 18.2 Å². The quantitative estimate of drug-likeness (QED) is 0.466. The van der Waals surface area contributed by atoms with Crippen LogP contribution in [0.2, 0.25) is 0 Å². The topological polar surface area (TPSA) is 17.1 Å². The van der Waals surface area contributed by atoms with Crippen LogP contribution < -0.4 is 0 Å². The molecule has 0 aromatic heterocycles. The van der Waals surface area contributed by atoms with Crippen molar-refractivity contribution >= 4 is 40.0 Å². The Balaban J connectivity index is 3.05. The van der Waals surface area contributed by atoms with E-state index in [-0.39, 0.29) is 17.5 Å². The van der Waals surface area contributed by atoms with Crippen molar-refractivity contribution in [3.05, 3.63) is 33.1 Å². The Hall–Kier alpha value is -0.160. The molecule has 0 atom stereocenters. The molecule has 0 spiro atoms. The highest BCUT2D eigenvalue weighted by molar-refractivity contribution is 14.1. The van der Waals surface area contributed by atoms with Gasteiger partial charge in [0, 0.05) is 9.13 Å². The number of hydrogen-bond acceptors (Lipinski definition) is 1. The van der Waals surface area contributed by atoms with E-state index in [1.165, 1.54) is 6.07 Å². The van der Waals surface area contributed by atoms with Crippen molar-refractivity contribution < 1.29 is 9.18 Å². The van der Waals surface area contributed by atoms with Crippen LogP contribution in [-0.4, -0.2) is 11.7 Å². The lowest BCUT2D eigenvalue weighted by molar-refractivity contribution is 0.102. The number of rotatable bonds is 2. The Bertz CT molecular complexity index is 314. The summed E-state index contributed by atoms with van der Waals surface area (Å²) in [4.78, 5) is 11.0. The minimum atomic E-state index is -0.383. The molecule has 0 unspecified atom stereocenters. The van der Waals surface area contributed by atoms with Gasteiger partial charge < -0.3 is 0 Å². The zero-order valence-electron chi connectivity index (χ0n) is 5.98. The molecule has 0 saturated heterocycles. The fourth-order valence-corrected chi connectivity index (χ4v) is 1.24. The van der Waals surface area contributed by atoms with E-state index in [0.29, 0.717) is 9.13 Å². The van der Waals surface area contributed by atoms with E-state index in [9.17, 15) is 9.18 Å². The largest absolute Gasteiger partial charge is 0.293 e. The molecular formula is C8H5ClFIO. The van der Waals surface area contributed by atoms with Crippen LogP contribution in [0.1, 0.15) is 10.4 Å². The maximum absolute atomic E-state index is 12.9. The van der Waals surface area contributed by atoms with E-state index in [0.717, 1.165) is 0 Å². The number of hydrogen-bond donors (Lipinski definition) is 0. The second-order valence-electron chi connectivity index (χ2n) is 2.19. The van der Waals surface area contributed by atoms with Gasteiger partial charge >= 0.3 is 0 Å². The monoisotopic (exact) mass is 298 g/mol. The van der Waals surface area contributed by atoms with Crippen molar-refractivity contribution in [2.24, 2.45) is 0 Å². The van der Waals surface area contributed by atoms with Crippen molar-refractivity contribution in [1.82, 2.24) is 0 Å². The number of alkyl halides is 1. The van der Waals surface area contributed by atoms with Gasteiger partial charge in [-0.2, -0.15) is 0 Å². The van der Waals surface area contributed by atoms with Crippen LogP contribution in [0, 0.1) is 9.39 Å². The molecule has 1 nitrogen and oxygen atoms in total. The smallest absolute Gasteiger partial charge is 0.177 e. The van der Waals surface area contributed by atoms with Crippen LogP contribution >= 0.6 is 34.2 Å². The van der Waals surface area contributed by atoms with E-state index in [4.69, 9.17) is 11.6 Å². The van der Waals surface area contributed by atoms with Gasteiger partial charge in [0.1, 0.15) is 5.82 Å². The first-order valence-electron chi connectivity index (χ1n) is 3.19. The van der Waals surface area contributed by atoms with E-state index in [1.54, 1.807) is 12.1 Å². The van der Waals surface area contributed by atoms with Crippen LogP contribution in [0.3, 0.4) is 0 Å². The van der Waals surface area contributed by atoms with Gasteiger partial charge in [0.15, 0.2) is 5.78 Å². The third kappa shape index (κ3) is 2.17. The zero-order valence-corrected chi connectivity index (χ0v) is 8.89. The first-order chi connectivity index (χ1) is 5.65. The Morgan fingerprint density at radius 1 is 1.58 bits per heavy atom. The fraction of sp³-hybridized carbons (Fsp3) is 0.125. The summed E-state index contributed by atoms with van der Waals surface area (Å²) in [5.74, 6) is -0.751. The second-order valence-corrected chi connectivity index (χ2v) is 3.62. The minimum Gasteiger partial charge on any atom is -0.293 e. The maximum atomic E-state index is 12.9. The predicted octanol–water partition coefficient (Wildman–Crippen LogP) is 2.85. The molecule has 1 rings (SSSR count). The molecule has 1 aromatic carbocycles. The van der Waals surface area contributed by atoms with E-state index < -0.39 is 0 Å². The first kappa shape index (κ1) is 9.92. The van der Waals surface area contributed by atoms with Gasteiger partial charge in [0.2, 0.25) is 0 Å². The van der Waals surface area contributed by atoms with Gasteiger partial charge in [-0.3, -0.25) is 4.79 Å². The molecule has 0 N–H and O–H groups in total. The number of Topliss-reactive ketones (excluding diaryl/α,β-unsaturated/α-hetero) is 1. The molecular weight excluding hydrogens is 293 g/mol. The van der Waals surface area contributed by atoms with Gasteiger partial charge in [0.25, 0.3) is 0 Å². The molecule has 0 aliphatic carbocycles. The highest BCUT2D eigenvalue weighted by Crippen LogP contribution is 2.13. The van der Waals surface area contributed by atoms with Crippen LogP contribution in [0.4, 0.5) is 4.39 Å². The molecule has 4 heteroatoms. The summed E-state index contributed by atoms with van der Waals surface area (Å²) in [6.45, 7) is 0. The molecule has 0 fully saturated rings. The summed E-state index contributed by atoms with van der Waals surface area (Å²) < 4.78 is 13.4. The fourth-order valence-electron chi connectivity index (χ4n) is 0.747. The number of halogens is 3. The molecule has 12 heavy (non-hydrogen) atoms. The Labute approximate surface area is 88.1 Å². The van der Waals surface area contributed by atoms with Gasteiger partial charge in [-0.05, 0) is 34.7 Å². The van der Waals surface area contributed by atoms with Gasteiger partial charge in [-0.15, -0.1) is 11.6 Å². The van der Waals surface area contributed by atoms with Crippen LogP contribution in [0.25, 0.3) is 0 Å². The van der Waals surface area contributed by atoms with Crippen molar-refractivity contribution in [3.63, 3.8) is 0 Å². The second kappa shape index (κ2) is 4.18. The van der Waals surface area contributed by atoms with Crippen LogP contribution in [0.5, 0.6) is 0 Å². The predicted molar refractivity (Wildman–Crippen MR) is 54.2 cm³/mol. The summed E-state index contributed by atoms with van der Waals surface area (Å²) >= 11 is 7.16. The summed E-state index contributed by atoms with van der Waals surface area (Å²) in [5, 5.41) is 0. The SMILES string of the molecule is O=C(CCl)c1ccc(I)c(F)c1. The molecule has 1 aromatic rings. The Kier molecular flexibility index (Phi) is 3.46. The first-order valence-corrected chi connectivity index (χ1v) is 4.80. The lowest BCUT2D eigenvalue weighted by Gasteiger charge is -1.98. The molecule has 0 aliphatic heterocycles. The third-order valence-corrected chi connectivity index (χ3v) is 2.48. The lowest BCUT2D eigenvalue weighted by atomic mass is 10.1. The average molecular weight is 298 g/mol. The number of carbonyl (C=O) groups excluding carboxylic acids is 1. The summed E-state index contributed by atoms with van der Waals surface area (Å²) in [7, 11) is 0. The van der Waals surface area contributed by atoms with Gasteiger partial charge in [0.05, 0.1) is 5.88 Å². The van der Waals surface area contributed by atoms with E-state index in [2.05, 4.69) is 0 Å². The van der Waals surface area contributed by atoms with Crippen molar-refractivity contribution in [2.75, 3.05) is 5.88 Å². The molecule has 0 saturated carbocycles. The minimum absolute atomic E-state index is 0.111.